The van der Waals surface area contributed by atoms with E-state index in [1.807, 2.05) is 26.0 Å². The summed E-state index contributed by atoms with van der Waals surface area (Å²) >= 11 is 2.85. The highest BCUT2D eigenvalue weighted by Crippen LogP contribution is 2.38. The molecule has 10 heteroatoms. The highest BCUT2D eigenvalue weighted by molar-refractivity contribution is 8.01. The number of piperazine rings is 1. The predicted octanol–water partition coefficient (Wildman–Crippen LogP) is 3.43. The van der Waals surface area contributed by atoms with E-state index in [4.69, 9.17) is 4.74 Å². The number of nitrogens with zero attached hydrogens (tertiary/aromatic N) is 3. The lowest BCUT2D eigenvalue weighted by Gasteiger charge is -2.39. The molecule has 0 unspecified atom stereocenters. The van der Waals surface area contributed by atoms with Crippen molar-refractivity contribution in [1.29, 1.82) is 0 Å². The number of ether oxygens (including phenoxy) is 1. The van der Waals surface area contributed by atoms with E-state index < -0.39 is 0 Å². The number of anilines is 1. The molecule has 0 saturated carbocycles. The summed E-state index contributed by atoms with van der Waals surface area (Å²) in [5.41, 5.74) is 1.44. The minimum atomic E-state index is -0.173. The fourth-order valence-electron chi connectivity index (χ4n) is 3.47. The molecule has 3 amide bonds. The molecule has 1 saturated heterocycles. The van der Waals surface area contributed by atoms with Crippen LogP contribution in [-0.4, -0.2) is 65.3 Å². The molecule has 1 aromatic heterocycles. The van der Waals surface area contributed by atoms with Gasteiger partial charge in [0.1, 0.15) is 5.75 Å². The normalized spacial score (nSPS) is 15.9. The second-order valence-corrected chi connectivity index (χ2v) is 9.79. The van der Waals surface area contributed by atoms with Crippen LogP contribution in [0.25, 0.3) is 0 Å². The van der Waals surface area contributed by atoms with Crippen LogP contribution in [-0.2, 0) is 9.59 Å². The minimum Gasteiger partial charge on any atom is -0.496 e. The van der Waals surface area contributed by atoms with Crippen molar-refractivity contribution in [2.24, 2.45) is 0 Å². The molecule has 1 fully saturated rings. The molecular formula is C22H26N4O4S2. The van der Waals surface area contributed by atoms with Gasteiger partial charge in [0.2, 0.25) is 11.8 Å². The number of hydrogen-bond donors (Lipinski definition) is 1. The molecule has 32 heavy (non-hydrogen) atoms. The van der Waals surface area contributed by atoms with Gasteiger partial charge in [-0.3, -0.25) is 14.4 Å². The maximum Gasteiger partial charge on any atom is 0.258 e. The highest BCUT2D eigenvalue weighted by Gasteiger charge is 2.31. The fourth-order valence-corrected chi connectivity index (χ4v) is 5.46. The van der Waals surface area contributed by atoms with Crippen LogP contribution in [0.5, 0.6) is 5.75 Å². The van der Waals surface area contributed by atoms with Crippen LogP contribution in [0.1, 0.15) is 29.8 Å². The smallest absolute Gasteiger partial charge is 0.258 e. The van der Waals surface area contributed by atoms with Crippen LogP contribution in [0, 0.1) is 6.92 Å². The highest BCUT2D eigenvalue weighted by atomic mass is 32.2. The van der Waals surface area contributed by atoms with Crippen molar-refractivity contribution >= 4 is 46.0 Å². The van der Waals surface area contributed by atoms with E-state index in [1.54, 1.807) is 23.1 Å². The van der Waals surface area contributed by atoms with Gasteiger partial charge in [0, 0.05) is 37.5 Å². The second kappa shape index (κ2) is 10.2. The average molecular weight is 475 g/mol. The maximum absolute atomic E-state index is 13.4. The van der Waals surface area contributed by atoms with Gasteiger partial charge in [0.25, 0.3) is 5.91 Å². The first-order valence-electron chi connectivity index (χ1n) is 10.1. The molecule has 8 nitrogen and oxygen atoms in total. The number of thiazole rings is 1. The molecule has 170 valence electrons. The van der Waals surface area contributed by atoms with E-state index in [2.05, 4.69) is 16.9 Å². The third-order valence-electron chi connectivity index (χ3n) is 5.08. The Kier molecular flexibility index (Phi) is 7.57. The van der Waals surface area contributed by atoms with Crippen molar-refractivity contribution in [3.05, 3.63) is 42.1 Å². The summed E-state index contributed by atoms with van der Waals surface area (Å²) in [5.74, 6) is 0.0780. The first-order valence-corrected chi connectivity index (χ1v) is 11.7. The molecule has 1 aromatic carbocycles. The Morgan fingerprint density at radius 2 is 2.09 bits per heavy atom. The SMILES string of the molecule is C=CC(=O)N1CCN(C(=O)c2cc(Sc3cnc(NC(C)=O)s3)c(C)cc2OC)[C@H](C)C1. The van der Waals surface area contributed by atoms with E-state index in [0.29, 0.717) is 36.1 Å². The molecule has 2 heterocycles. The molecule has 0 radical (unpaired) electrons. The van der Waals surface area contributed by atoms with E-state index in [9.17, 15) is 14.4 Å². The maximum atomic E-state index is 13.4. The molecule has 0 bridgehead atoms. The molecule has 3 rings (SSSR count). The number of aromatic nitrogens is 1. The van der Waals surface area contributed by atoms with Crippen molar-refractivity contribution < 1.29 is 19.1 Å². The van der Waals surface area contributed by atoms with E-state index >= 15 is 0 Å². The summed E-state index contributed by atoms with van der Waals surface area (Å²) in [5, 5.41) is 3.21. The number of benzene rings is 1. The topological polar surface area (TPSA) is 91.8 Å². The summed E-state index contributed by atoms with van der Waals surface area (Å²) in [6.07, 6.45) is 3.00. The number of carbonyl (C=O) groups excluding carboxylic acids is 3. The quantitative estimate of drug-likeness (QED) is 0.645. The predicted molar refractivity (Wildman–Crippen MR) is 126 cm³/mol. The van der Waals surface area contributed by atoms with Crippen molar-refractivity contribution in [2.45, 2.75) is 35.9 Å². The van der Waals surface area contributed by atoms with Crippen molar-refractivity contribution in [3.63, 3.8) is 0 Å². The fraction of sp³-hybridized carbons (Fsp3) is 0.364. The van der Waals surface area contributed by atoms with Gasteiger partial charge < -0.3 is 19.9 Å². The zero-order chi connectivity index (χ0) is 23.4. The van der Waals surface area contributed by atoms with Gasteiger partial charge in [-0.05, 0) is 37.6 Å². The molecule has 1 atom stereocenters. The molecule has 1 aliphatic rings. The number of hydrogen-bond acceptors (Lipinski definition) is 7. The van der Waals surface area contributed by atoms with Crippen LogP contribution >= 0.6 is 23.1 Å². The molecule has 0 spiro atoms. The number of methoxy groups -OCH3 is 1. The zero-order valence-electron chi connectivity index (χ0n) is 18.5. The average Bonchev–Trinajstić information content (AvgIpc) is 3.19. The van der Waals surface area contributed by atoms with Gasteiger partial charge in [-0.25, -0.2) is 4.98 Å². The Morgan fingerprint density at radius 1 is 1.34 bits per heavy atom. The van der Waals surface area contributed by atoms with Gasteiger partial charge in [0.15, 0.2) is 5.13 Å². The molecule has 1 N–H and O–H groups in total. The number of amides is 3. The summed E-state index contributed by atoms with van der Waals surface area (Å²) in [7, 11) is 1.55. The van der Waals surface area contributed by atoms with Crippen molar-refractivity contribution in [2.75, 3.05) is 32.1 Å². The lowest BCUT2D eigenvalue weighted by molar-refractivity contribution is -0.128. The van der Waals surface area contributed by atoms with Crippen LogP contribution in [0.3, 0.4) is 0 Å². The molecular weight excluding hydrogens is 448 g/mol. The summed E-state index contributed by atoms with van der Waals surface area (Å²) in [4.78, 5) is 45.2. The Hall–Kier alpha value is -2.85. The van der Waals surface area contributed by atoms with Gasteiger partial charge in [-0.2, -0.15) is 0 Å². The van der Waals surface area contributed by atoms with E-state index in [0.717, 1.165) is 14.7 Å². The first kappa shape index (κ1) is 23.8. The van der Waals surface area contributed by atoms with Gasteiger partial charge in [-0.1, -0.05) is 29.7 Å². The van der Waals surface area contributed by atoms with Gasteiger partial charge in [-0.15, -0.1) is 0 Å². The first-order chi connectivity index (χ1) is 15.2. The van der Waals surface area contributed by atoms with Crippen LogP contribution in [0.2, 0.25) is 0 Å². The summed E-state index contributed by atoms with van der Waals surface area (Å²) < 4.78 is 6.41. The molecule has 1 aliphatic heterocycles. The Labute approximate surface area is 195 Å². The minimum absolute atomic E-state index is 0.126. The molecule has 2 aromatic rings. The third kappa shape index (κ3) is 5.31. The van der Waals surface area contributed by atoms with Gasteiger partial charge in [0.05, 0.1) is 23.1 Å². The second-order valence-electron chi connectivity index (χ2n) is 7.42. The molecule has 0 aliphatic carbocycles. The van der Waals surface area contributed by atoms with E-state index in [1.165, 1.54) is 36.1 Å². The van der Waals surface area contributed by atoms with Gasteiger partial charge >= 0.3 is 0 Å². The van der Waals surface area contributed by atoms with Crippen molar-refractivity contribution in [3.8, 4) is 5.75 Å². The lowest BCUT2D eigenvalue weighted by atomic mass is 10.1. The van der Waals surface area contributed by atoms with Crippen LogP contribution in [0.4, 0.5) is 5.13 Å². The van der Waals surface area contributed by atoms with E-state index in [-0.39, 0.29) is 23.8 Å². The monoisotopic (exact) mass is 474 g/mol. The largest absolute Gasteiger partial charge is 0.496 e. The third-order valence-corrected chi connectivity index (χ3v) is 7.25. The standard InChI is InChI=1S/C22H26N4O4S2/c1-6-19(28)25-7-8-26(14(3)12-25)21(29)16-10-18(13(2)9-17(16)30-5)31-20-11-23-22(32-20)24-15(4)27/h6,9-11,14H,1,7-8,12H2,2-5H3,(H,23,24,27)/t14-/m1/s1. The number of aryl methyl sites for hydroxylation is 1. The lowest BCUT2D eigenvalue weighted by Crippen LogP contribution is -2.55. The van der Waals surface area contributed by atoms with Crippen molar-refractivity contribution in [1.82, 2.24) is 14.8 Å². The Morgan fingerprint density at radius 3 is 2.72 bits per heavy atom. The number of rotatable bonds is 6. The zero-order valence-corrected chi connectivity index (χ0v) is 20.1. The Bertz CT molecular complexity index is 1050. The number of nitrogens with one attached hydrogen (secondary N) is 1. The van der Waals surface area contributed by atoms with Crippen LogP contribution in [0.15, 0.2) is 40.1 Å². The summed E-state index contributed by atoms with van der Waals surface area (Å²) in [6, 6.07) is 3.56. The Balaban J connectivity index is 1.84. The number of carbonyl (C=O) groups is 3. The summed E-state index contributed by atoms with van der Waals surface area (Å²) in [6.45, 7) is 10.2. The van der Waals surface area contributed by atoms with Crippen LogP contribution < -0.4 is 10.1 Å².